The van der Waals surface area contributed by atoms with Crippen LogP contribution in [0.4, 0.5) is 0 Å². The van der Waals surface area contributed by atoms with Gasteiger partial charge in [-0.1, -0.05) is 43.6 Å². The number of halogens is 1. The molecule has 1 saturated carbocycles. The van der Waals surface area contributed by atoms with Gasteiger partial charge in [0.15, 0.2) is 0 Å². The average molecular weight is 300 g/mol. The summed E-state index contributed by atoms with van der Waals surface area (Å²) in [5, 5.41) is 0.777. The Morgan fingerprint density at radius 1 is 1.42 bits per heavy atom. The number of hydrogen-bond donors (Lipinski definition) is 1. The van der Waals surface area contributed by atoms with Gasteiger partial charge in [-0.2, -0.15) is 0 Å². The van der Waals surface area contributed by atoms with Crippen molar-refractivity contribution in [1.82, 2.24) is 0 Å². The van der Waals surface area contributed by atoms with Crippen LogP contribution in [0.5, 0.6) is 0 Å². The molecule has 3 atom stereocenters. The molecule has 0 spiro atoms. The predicted octanol–water partition coefficient (Wildman–Crippen LogP) is 3.49. The molecule has 0 aromatic heterocycles. The molecule has 0 radical (unpaired) electrons. The highest BCUT2D eigenvalue weighted by atomic mass is 35.5. The van der Waals surface area contributed by atoms with Crippen molar-refractivity contribution in [3.8, 4) is 0 Å². The summed E-state index contributed by atoms with van der Waals surface area (Å²) < 4.78 is 12.6. The van der Waals surface area contributed by atoms with E-state index in [2.05, 4.69) is 13.8 Å². The van der Waals surface area contributed by atoms with Crippen molar-refractivity contribution in [3.05, 3.63) is 34.9 Å². The molecule has 0 amide bonds. The van der Waals surface area contributed by atoms with Crippen molar-refractivity contribution in [2.75, 3.05) is 0 Å². The molecule has 2 rings (SSSR count). The lowest BCUT2D eigenvalue weighted by Crippen LogP contribution is -2.45. The van der Waals surface area contributed by atoms with Crippen LogP contribution in [-0.4, -0.2) is 15.5 Å². The molecule has 1 fully saturated rings. The lowest BCUT2D eigenvalue weighted by atomic mass is 9.75. The molecule has 1 aliphatic carbocycles. The molecule has 2 nitrogen and oxygen atoms in total. The number of hydrogen-bond acceptors (Lipinski definition) is 2. The Morgan fingerprint density at radius 2 is 2.11 bits per heavy atom. The van der Waals surface area contributed by atoms with Crippen LogP contribution >= 0.6 is 11.6 Å². The van der Waals surface area contributed by atoms with Gasteiger partial charge in [0.25, 0.3) is 0 Å². The fourth-order valence-electron chi connectivity index (χ4n) is 2.71. The first-order chi connectivity index (χ1) is 8.89. The Labute approximate surface area is 123 Å². The minimum atomic E-state index is -0.954. The van der Waals surface area contributed by atoms with E-state index < -0.39 is 10.8 Å². The fraction of sp³-hybridized carbons (Fsp3) is 0.600. The number of rotatable bonds is 3. The number of benzene rings is 1. The maximum absolute atomic E-state index is 12.6. The van der Waals surface area contributed by atoms with E-state index in [0.717, 1.165) is 24.8 Å². The maximum atomic E-state index is 12.6. The van der Waals surface area contributed by atoms with Crippen molar-refractivity contribution in [2.24, 2.45) is 11.1 Å². The summed E-state index contributed by atoms with van der Waals surface area (Å²) in [4.78, 5) is 0. The summed E-state index contributed by atoms with van der Waals surface area (Å²) in [5.41, 5.74) is 7.37. The van der Waals surface area contributed by atoms with E-state index in [9.17, 15) is 4.21 Å². The first kappa shape index (κ1) is 15.0. The third kappa shape index (κ3) is 3.80. The molecule has 0 heterocycles. The molecule has 106 valence electrons. The molecule has 4 heteroatoms. The molecular formula is C15H22ClNOS. The van der Waals surface area contributed by atoms with Crippen LogP contribution in [0.25, 0.3) is 0 Å². The first-order valence-electron chi connectivity index (χ1n) is 6.75. The Balaban J connectivity index is 2.09. The van der Waals surface area contributed by atoms with Gasteiger partial charge in [-0.15, -0.1) is 0 Å². The van der Waals surface area contributed by atoms with Gasteiger partial charge in [0.2, 0.25) is 0 Å². The van der Waals surface area contributed by atoms with Crippen LogP contribution in [0, 0.1) is 5.41 Å². The third-order valence-electron chi connectivity index (χ3n) is 3.98. The van der Waals surface area contributed by atoms with Gasteiger partial charge < -0.3 is 5.73 Å². The SMILES string of the molecule is CC1(C)CCC(N)C(S(=O)Cc2ccccc2Cl)C1. The van der Waals surface area contributed by atoms with E-state index in [4.69, 9.17) is 17.3 Å². The smallest absolute Gasteiger partial charge is 0.0507 e. The van der Waals surface area contributed by atoms with Crippen LogP contribution in [0.2, 0.25) is 5.02 Å². The van der Waals surface area contributed by atoms with E-state index >= 15 is 0 Å². The summed E-state index contributed by atoms with van der Waals surface area (Å²) in [7, 11) is -0.954. The maximum Gasteiger partial charge on any atom is 0.0507 e. The quantitative estimate of drug-likeness (QED) is 0.928. The molecule has 1 aliphatic rings. The Kier molecular flexibility index (Phi) is 4.70. The van der Waals surface area contributed by atoms with Crippen molar-refractivity contribution >= 4 is 22.4 Å². The third-order valence-corrected chi connectivity index (χ3v) is 6.13. The van der Waals surface area contributed by atoms with Gasteiger partial charge in [0, 0.05) is 21.9 Å². The van der Waals surface area contributed by atoms with Crippen LogP contribution in [0.1, 0.15) is 38.7 Å². The zero-order chi connectivity index (χ0) is 14.0. The minimum Gasteiger partial charge on any atom is -0.327 e. The first-order valence-corrected chi connectivity index (χ1v) is 8.51. The summed E-state index contributed by atoms with van der Waals surface area (Å²) >= 11 is 6.13. The molecule has 2 N–H and O–H groups in total. The van der Waals surface area contributed by atoms with Crippen LogP contribution < -0.4 is 5.73 Å². The molecule has 0 aliphatic heterocycles. The summed E-state index contributed by atoms with van der Waals surface area (Å²) in [5.74, 6) is 0.508. The van der Waals surface area contributed by atoms with Crippen LogP contribution in [0.3, 0.4) is 0 Å². The Hall–Kier alpha value is -0.380. The summed E-state index contributed by atoms with van der Waals surface area (Å²) in [6.45, 7) is 4.47. The normalized spacial score (nSPS) is 28.0. The van der Waals surface area contributed by atoms with E-state index in [1.807, 2.05) is 24.3 Å². The highest BCUT2D eigenvalue weighted by Gasteiger charge is 2.36. The van der Waals surface area contributed by atoms with Crippen molar-refractivity contribution in [2.45, 2.75) is 50.2 Å². The zero-order valence-electron chi connectivity index (χ0n) is 11.6. The van der Waals surface area contributed by atoms with Gasteiger partial charge in [-0.05, 0) is 36.3 Å². The summed E-state index contributed by atoms with van der Waals surface area (Å²) in [6.07, 6.45) is 3.02. The van der Waals surface area contributed by atoms with Gasteiger partial charge >= 0.3 is 0 Å². The van der Waals surface area contributed by atoms with Gasteiger partial charge in [-0.25, -0.2) is 0 Å². The molecular weight excluding hydrogens is 278 g/mol. The second-order valence-electron chi connectivity index (χ2n) is 6.23. The molecule has 19 heavy (non-hydrogen) atoms. The zero-order valence-corrected chi connectivity index (χ0v) is 13.1. The van der Waals surface area contributed by atoms with Crippen molar-refractivity contribution in [3.63, 3.8) is 0 Å². The average Bonchev–Trinajstić information content (AvgIpc) is 2.35. The fourth-order valence-corrected chi connectivity index (χ4v) is 4.92. The van der Waals surface area contributed by atoms with Crippen LogP contribution in [0.15, 0.2) is 24.3 Å². The van der Waals surface area contributed by atoms with E-state index in [0.29, 0.717) is 10.8 Å². The predicted molar refractivity (Wildman–Crippen MR) is 82.7 cm³/mol. The van der Waals surface area contributed by atoms with Gasteiger partial charge in [0.1, 0.15) is 0 Å². The molecule has 1 aromatic carbocycles. The Morgan fingerprint density at radius 3 is 2.79 bits per heavy atom. The molecule has 3 unspecified atom stereocenters. The highest BCUT2D eigenvalue weighted by Crippen LogP contribution is 2.37. The monoisotopic (exact) mass is 299 g/mol. The van der Waals surface area contributed by atoms with E-state index in [1.165, 1.54) is 0 Å². The lowest BCUT2D eigenvalue weighted by Gasteiger charge is -2.38. The van der Waals surface area contributed by atoms with Crippen LogP contribution in [-0.2, 0) is 16.6 Å². The highest BCUT2D eigenvalue weighted by molar-refractivity contribution is 7.84. The van der Waals surface area contributed by atoms with Gasteiger partial charge in [-0.3, -0.25) is 4.21 Å². The number of nitrogens with two attached hydrogens (primary N) is 1. The summed E-state index contributed by atoms with van der Waals surface area (Å²) in [6, 6.07) is 7.67. The largest absolute Gasteiger partial charge is 0.327 e. The second kappa shape index (κ2) is 5.94. The molecule has 0 bridgehead atoms. The van der Waals surface area contributed by atoms with Crippen molar-refractivity contribution in [1.29, 1.82) is 0 Å². The van der Waals surface area contributed by atoms with Crippen molar-refractivity contribution < 1.29 is 4.21 Å². The van der Waals surface area contributed by atoms with E-state index in [1.54, 1.807) is 0 Å². The Bertz CT molecular complexity index is 475. The topological polar surface area (TPSA) is 43.1 Å². The second-order valence-corrected chi connectivity index (χ2v) is 8.29. The molecule has 1 aromatic rings. The van der Waals surface area contributed by atoms with Gasteiger partial charge in [0.05, 0.1) is 11.0 Å². The minimum absolute atomic E-state index is 0.0522. The van der Waals surface area contributed by atoms with E-state index in [-0.39, 0.29) is 16.7 Å². The standard InChI is InChI=1S/C15H22ClNOS/c1-15(2)8-7-13(17)14(9-15)19(18)10-11-5-3-4-6-12(11)16/h3-6,13-14H,7-10,17H2,1-2H3. The lowest BCUT2D eigenvalue weighted by molar-refractivity contribution is 0.230. The molecule has 0 saturated heterocycles.